The second kappa shape index (κ2) is 5.36. The van der Waals surface area contributed by atoms with Crippen LogP contribution in [-0.4, -0.2) is 29.9 Å². The number of carbonyl (C=O) groups excluding carboxylic acids is 1. The lowest BCUT2D eigenvalue weighted by atomic mass is 10.1. The van der Waals surface area contributed by atoms with E-state index in [1.165, 1.54) is 22.2 Å². The van der Waals surface area contributed by atoms with Crippen LogP contribution in [0.5, 0.6) is 0 Å². The van der Waals surface area contributed by atoms with E-state index in [1.54, 1.807) is 0 Å². The average molecular weight is 284 g/mol. The molecule has 1 aromatic heterocycles. The Morgan fingerprint density at radius 2 is 1.95 bits per heavy atom. The van der Waals surface area contributed by atoms with E-state index in [-0.39, 0.29) is 0 Å². The number of aromatic nitrogens is 1. The summed E-state index contributed by atoms with van der Waals surface area (Å²) in [5.74, 6) is -3.01. The third-order valence-corrected chi connectivity index (χ3v) is 2.84. The predicted octanol–water partition coefficient (Wildman–Crippen LogP) is -0.478. The summed E-state index contributed by atoms with van der Waals surface area (Å²) < 4.78 is 31.5. The lowest BCUT2D eigenvalue weighted by Gasteiger charge is -2.03. The Kier molecular flexibility index (Phi) is 3.78. The first kappa shape index (κ1) is 14.1. The van der Waals surface area contributed by atoms with Crippen LogP contribution < -0.4 is 10.1 Å². The summed E-state index contributed by atoms with van der Waals surface area (Å²) >= 11 is 0. The number of carbonyl (C=O) groups is 1. The third kappa shape index (κ3) is 2.98. The van der Waals surface area contributed by atoms with E-state index in [0.717, 1.165) is 13.0 Å². The van der Waals surface area contributed by atoms with Crippen molar-refractivity contribution in [3.63, 3.8) is 0 Å². The number of hydrogen-bond donors (Lipinski definition) is 2. The summed E-state index contributed by atoms with van der Waals surface area (Å²) in [5.41, 5.74) is 3.94. The van der Waals surface area contributed by atoms with Gasteiger partial charge in [-0.3, -0.25) is 0 Å². The molecule has 0 atom stereocenters. The van der Waals surface area contributed by atoms with Crippen molar-refractivity contribution in [3.05, 3.63) is 35.5 Å². The van der Waals surface area contributed by atoms with Gasteiger partial charge in [0.05, 0.1) is 0 Å². The zero-order chi connectivity index (χ0) is 14.8. The van der Waals surface area contributed by atoms with Crippen molar-refractivity contribution in [1.82, 2.24) is 4.98 Å². The van der Waals surface area contributed by atoms with Crippen molar-refractivity contribution in [2.24, 2.45) is 0 Å². The van der Waals surface area contributed by atoms with Gasteiger partial charge in [0, 0.05) is 17.3 Å². The van der Waals surface area contributed by atoms with Crippen LogP contribution in [0.15, 0.2) is 24.3 Å². The second-order valence-electron chi connectivity index (χ2n) is 4.20. The van der Waals surface area contributed by atoms with Crippen LogP contribution >= 0.6 is 0 Å². The van der Waals surface area contributed by atoms with E-state index >= 15 is 0 Å². The summed E-state index contributed by atoms with van der Waals surface area (Å²) in [6, 6.07) is 8.47. The molecule has 0 aliphatic carbocycles. The molecule has 0 unspecified atom stereocenters. The first-order valence-corrected chi connectivity index (χ1v) is 5.84. The van der Waals surface area contributed by atoms with E-state index < -0.39 is 12.1 Å². The van der Waals surface area contributed by atoms with Gasteiger partial charge in [0.25, 0.3) is 0 Å². The van der Waals surface area contributed by atoms with Gasteiger partial charge in [0.15, 0.2) is 6.21 Å². The molecule has 0 saturated heterocycles. The van der Waals surface area contributed by atoms with Gasteiger partial charge in [-0.1, -0.05) is 18.2 Å². The molecule has 7 heteroatoms. The number of hydrogen-bond acceptors (Lipinski definition) is 2. The number of alkyl halides is 3. The number of rotatable bonds is 0. The fraction of sp³-hybridized carbons (Fsp3) is 0.231. The number of H-pyrrole nitrogens is 1. The lowest BCUT2D eigenvalue weighted by molar-refractivity contribution is -0.452. The van der Waals surface area contributed by atoms with Crippen LogP contribution in [0.4, 0.5) is 13.2 Å². The summed E-state index contributed by atoms with van der Waals surface area (Å²) in [6.45, 7) is 1.05. The number of benzene rings is 1. The van der Waals surface area contributed by atoms with E-state index in [0.29, 0.717) is 0 Å². The number of carboxylic acids is 1. The van der Waals surface area contributed by atoms with Crippen molar-refractivity contribution >= 4 is 23.1 Å². The Balaban J connectivity index is 0.000000182. The fourth-order valence-electron chi connectivity index (χ4n) is 1.98. The minimum atomic E-state index is -5.19. The zero-order valence-electron chi connectivity index (χ0n) is 10.3. The zero-order valence-corrected chi connectivity index (χ0v) is 10.3. The molecule has 1 aromatic carbocycles. The smallest absolute Gasteiger partial charge is 0.430 e. The Morgan fingerprint density at radius 1 is 1.30 bits per heavy atom. The molecule has 3 rings (SSSR count). The summed E-state index contributed by atoms with van der Waals surface area (Å²) in [7, 11) is 0. The molecule has 0 spiro atoms. The molecule has 0 fully saturated rings. The number of para-hydroxylation sites is 1. The molecular formula is C13H11F3N2O2. The highest BCUT2D eigenvalue weighted by Crippen LogP contribution is 2.21. The van der Waals surface area contributed by atoms with E-state index in [1.807, 2.05) is 0 Å². The Labute approximate surface area is 111 Å². The van der Waals surface area contributed by atoms with Crippen molar-refractivity contribution in [2.45, 2.75) is 12.6 Å². The maximum absolute atomic E-state index is 10.5. The Bertz CT molecular complexity index is 659. The van der Waals surface area contributed by atoms with Crippen LogP contribution in [0, 0.1) is 0 Å². The Hall–Kier alpha value is -2.31. The van der Waals surface area contributed by atoms with Crippen LogP contribution in [0.25, 0.3) is 10.9 Å². The molecule has 106 valence electrons. The molecule has 0 bridgehead atoms. The van der Waals surface area contributed by atoms with Crippen molar-refractivity contribution in [3.8, 4) is 0 Å². The van der Waals surface area contributed by atoms with Crippen molar-refractivity contribution in [2.75, 3.05) is 6.54 Å². The average Bonchev–Trinajstić information content (AvgIpc) is 2.77. The van der Waals surface area contributed by atoms with Gasteiger partial charge in [-0.25, -0.2) is 4.99 Å². The second-order valence-corrected chi connectivity index (χ2v) is 4.20. The van der Waals surface area contributed by atoms with Gasteiger partial charge in [-0.2, -0.15) is 13.2 Å². The molecule has 2 heterocycles. The molecule has 1 aliphatic heterocycles. The van der Waals surface area contributed by atoms with Crippen molar-refractivity contribution in [1.29, 1.82) is 0 Å². The number of fused-ring (bicyclic) bond motifs is 3. The summed E-state index contributed by atoms with van der Waals surface area (Å²) in [4.78, 5) is 15.4. The number of aromatic amines is 1. The highest BCUT2D eigenvalue weighted by Gasteiger charge is 2.28. The first-order chi connectivity index (χ1) is 9.39. The standard InChI is InChI=1S/C11H10N2.C2HF3O2/c1-2-4-10-8(3-1)9-5-6-12-7-11(9)13-10;3-2(4,5)1(6)7/h1-4,7,13H,5-6H2;(H,6,7). The quantitative estimate of drug-likeness (QED) is 0.686. The van der Waals surface area contributed by atoms with E-state index in [2.05, 4.69) is 40.5 Å². The lowest BCUT2D eigenvalue weighted by Crippen LogP contribution is -2.71. The molecule has 0 radical (unpaired) electrons. The monoisotopic (exact) mass is 284 g/mol. The van der Waals surface area contributed by atoms with Crippen molar-refractivity contribution < 1.29 is 28.1 Å². The molecular weight excluding hydrogens is 273 g/mol. The number of halogens is 3. The summed E-state index contributed by atoms with van der Waals surface area (Å²) in [6.07, 6.45) is -2.01. The molecule has 2 aromatic rings. The third-order valence-electron chi connectivity index (χ3n) is 2.84. The first-order valence-electron chi connectivity index (χ1n) is 5.84. The molecule has 2 N–H and O–H groups in total. The number of nitrogens with one attached hydrogen (secondary N) is 2. The fourth-order valence-corrected chi connectivity index (χ4v) is 1.98. The minimum absolute atomic E-state index is 1.05. The molecule has 1 aliphatic rings. The largest absolute Gasteiger partial charge is 0.542 e. The molecule has 20 heavy (non-hydrogen) atoms. The van der Waals surface area contributed by atoms with Crippen LogP contribution in [0.3, 0.4) is 0 Å². The molecule has 0 amide bonds. The highest BCUT2D eigenvalue weighted by atomic mass is 19.4. The SMILES string of the molecule is C1=[NH+]CCc2c1[nH]c1ccccc21.O=C([O-])C(F)(F)F. The van der Waals surface area contributed by atoms with E-state index in [9.17, 15) is 13.2 Å². The van der Waals surface area contributed by atoms with Crippen LogP contribution in [0.1, 0.15) is 11.3 Å². The number of aliphatic carboxylic acids is 1. The van der Waals surface area contributed by atoms with Gasteiger partial charge in [-0.05, 0) is 11.6 Å². The number of carboxylic acid groups (broad SMARTS) is 1. The van der Waals surface area contributed by atoms with Gasteiger partial charge < -0.3 is 14.9 Å². The van der Waals surface area contributed by atoms with Crippen LogP contribution in [-0.2, 0) is 11.2 Å². The topological polar surface area (TPSA) is 69.9 Å². The Morgan fingerprint density at radius 3 is 2.60 bits per heavy atom. The highest BCUT2D eigenvalue weighted by molar-refractivity contribution is 5.92. The van der Waals surface area contributed by atoms with E-state index in [4.69, 9.17) is 9.90 Å². The molecule has 4 nitrogen and oxygen atoms in total. The molecule has 0 saturated carbocycles. The minimum Gasteiger partial charge on any atom is -0.542 e. The predicted molar refractivity (Wildman–Crippen MR) is 64.1 cm³/mol. The van der Waals surface area contributed by atoms with Gasteiger partial charge in [0.2, 0.25) is 0 Å². The normalized spacial score (nSPS) is 13.6. The van der Waals surface area contributed by atoms with Crippen LogP contribution in [0.2, 0.25) is 0 Å². The van der Waals surface area contributed by atoms with Gasteiger partial charge in [-0.15, -0.1) is 0 Å². The van der Waals surface area contributed by atoms with Gasteiger partial charge in [0.1, 0.15) is 18.2 Å². The summed E-state index contributed by atoms with van der Waals surface area (Å²) in [5, 5.41) is 10.2. The van der Waals surface area contributed by atoms with Gasteiger partial charge >= 0.3 is 6.18 Å². The maximum Gasteiger partial charge on any atom is 0.430 e. The maximum atomic E-state index is 10.5.